The summed E-state index contributed by atoms with van der Waals surface area (Å²) in [5.41, 5.74) is 15.7. The molecule has 12 rings (SSSR count). The number of rotatable bonds is 8. The first-order valence-electron chi connectivity index (χ1n) is 22.9. The zero-order valence-electron chi connectivity index (χ0n) is 36.3. The molecular weight excluding hydrogens is 805 g/mol. The molecule has 6 nitrogen and oxygen atoms in total. The molecule has 0 N–H and O–H groups in total. The molecule has 0 atom stereocenters. The Morgan fingerprint density at radius 2 is 0.591 bits per heavy atom. The number of hydrogen-bond acceptors (Lipinski definition) is 6. The molecular formula is C60H44N6. The first-order chi connectivity index (χ1) is 32.6. The van der Waals surface area contributed by atoms with Crippen LogP contribution in [0.25, 0.3) is 102 Å². The number of nitrogens with zero attached hydrogens (tertiary/aromatic N) is 6. The summed E-state index contributed by atoms with van der Waals surface area (Å²) in [6, 6.07) is 72.0. The van der Waals surface area contributed by atoms with E-state index in [4.69, 9.17) is 29.9 Å². The molecule has 0 aliphatic heterocycles. The summed E-state index contributed by atoms with van der Waals surface area (Å²) < 4.78 is 0. The van der Waals surface area contributed by atoms with Crippen molar-refractivity contribution in [2.24, 2.45) is 0 Å². The average molecular weight is 849 g/mol. The Morgan fingerprint density at radius 3 is 1.12 bits per heavy atom. The van der Waals surface area contributed by atoms with Crippen molar-refractivity contribution in [2.45, 2.75) is 37.5 Å². The Kier molecular flexibility index (Phi) is 9.98. The van der Waals surface area contributed by atoms with Crippen LogP contribution >= 0.6 is 0 Å². The van der Waals surface area contributed by atoms with Gasteiger partial charge in [0.15, 0.2) is 34.9 Å². The minimum absolute atomic E-state index is 0.0960. The van der Waals surface area contributed by atoms with E-state index in [9.17, 15) is 0 Å². The monoisotopic (exact) mass is 848 g/mol. The fourth-order valence-corrected chi connectivity index (χ4v) is 10.1. The second kappa shape index (κ2) is 16.7. The van der Waals surface area contributed by atoms with E-state index in [1.54, 1.807) is 0 Å². The topological polar surface area (TPSA) is 77.3 Å². The number of aromatic nitrogens is 6. The van der Waals surface area contributed by atoms with Crippen LogP contribution in [0, 0.1) is 0 Å². The van der Waals surface area contributed by atoms with Gasteiger partial charge in [-0.15, -0.1) is 0 Å². The fraction of sp³-hybridized carbons (Fsp3) is 0.100. The fourth-order valence-electron chi connectivity index (χ4n) is 10.1. The molecule has 2 heterocycles. The van der Waals surface area contributed by atoms with Gasteiger partial charge in [-0.3, -0.25) is 0 Å². The van der Waals surface area contributed by atoms with Gasteiger partial charge in [0.05, 0.1) is 0 Å². The SMILES string of the molecule is c1ccc(-c2nc(-c3ccccc3)nc(-c3ccc(-c4cccc(-c5cccc(-c6nc(-c7ccccc7)nc(-c7ccc8c(c7)-c7ccccc7C87CCCCC7)n6)c5)c4)cc3)n2)cc1. The molecule has 0 saturated heterocycles. The highest BCUT2D eigenvalue weighted by Crippen LogP contribution is 2.56. The van der Waals surface area contributed by atoms with Gasteiger partial charge >= 0.3 is 0 Å². The molecule has 66 heavy (non-hydrogen) atoms. The van der Waals surface area contributed by atoms with Crippen molar-refractivity contribution in [3.63, 3.8) is 0 Å². The van der Waals surface area contributed by atoms with Crippen LogP contribution in [0.4, 0.5) is 0 Å². The molecule has 6 heteroatoms. The number of benzene rings is 8. The maximum Gasteiger partial charge on any atom is 0.164 e. The molecule has 0 bridgehead atoms. The van der Waals surface area contributed by atoms with Crippen molar-refractivity contribution in [3.8, 4) is 102 Å². The maximum atomic E-state index is 5.23. The van der Waals surface area contributed by atoms with E-state index in [0.29, 0.717) is 34.9 Å². The summed E-state index contributed by atoms with van der Waals surface area (Å²) >= 11 is 0. The third kappa shape index (κ3) is 7.27. The lowest BCUT2D eigenvalue weighted by Gasteiger charge is -2.35. The van der Waals surface area contributed by atoms with Crippen molar-refractivity contribution < 1.29 is 0 Å². The number of fused-ring (bicyclic) bond motifs is 5. The van der Waals surface area contributed by atoms with Crippen molar-refractivity contribution in [2.75, 3.05) is 0 Å². The van der Waals surface area contributed by atoms with Gasteiger partial charge < -0.3 is 0 Å². The molecule has 1 spiro atoms. The Bertz CT molecular complexity index is 3320. The molecule has 1 saturated carbocycles. The summed E-state index contributed by atoms with van der Waals surface area (Å²) in [7, 11) is 0. The van der Waals surface area contributed by atoms with E-state index in [-0.39, 0.29) is 5.41 Å². The van der Waals surface area contributed by atoms with Gasteiger partial charge in [0.25, 0.3) is 0 Å². The standard InChI is InChI=1S/C60H44N6/c1-5-17-41(18-6-1)54-61-55(42-19-7-2-8-20-42)63-57(62-54)44-31-29-40(30-32-44)45-23-15-24-46(37-45)47-25-16-26-48(38-47)58-64-56(43-21-9-3-10-22-43)65-59(66-58)49-33-34-53-51(39-49)50-27-11-12-28-52(50)60(53)35-13-4-14-36-60/h1-3,5-12,15-34,37-39H,4,13-14,35-36H2. The molecule has 314 valence electrons. The third-order valence-corrected chi connectivity index (χ3v) is 13.4. The van der Waals surface area contributed by atoms with Crippen LogP contribution in [0.3, 0.4) is 0 Å². The van der Waals surface area contributed by atoms with Crippen molar-refractivity contribution >= 4 is 0 Å². The quantitative estimate of drug-likeness (QED) is 0.152. The lowest BCUT2D eigenvalue weighted by atomic mass is 9.68. The van der Waals surface area contributed by atoms with Crippen LogP contribution in [0.2, 0.25) is 0 Å². The highest BCUT2D eigenvalue weighted by atomic mass is 15.0. The summed E-state index contributed by atoms with van der Waals surface area (Å²) in [4.78, 5) is 30.2. The first-order valence-corrected chi connectivity index (χ1v) is 22.9. The van der Waals surface area contributed by atoms with Crippen LogP contribution in [0.1, 0.15) is 43.2 Å². The molecule has 8 aromatic carbocycles. The summed E-state index contributed by atoms with van der Waals surface area (Å²) in [6.07, 6.45) is 6.23. The molecule has 2 aliphatic rings. The zero-order chi connectivity index (χ0) is 43.9. The van der Waals surface area contributed by atoms with E-state index in [2.05, 4.69) is 127 Å². The van der Waals surface area contributed by atoms with Gasteiger partial charge in [0, 0.05) is 38.8 Å². The van der Waals surface area contributed by atoms with Gasteiger partial charge in [-0.2, -0.15) is 0 Å². The van der Waals surface area contributed by atoms with Gasteiger partial charge in [0.1, 0.15) is 0 Å². The van der Waals surface area contributed by atoms with Crippen LogP contribution in [0.5, 0.6) is 0 Å². The molecule has 2 aromatic heterocycles. The third-order valence-electron chi connectivity index (χ3n) is 13.4. The molecule has 10 aromatic rings. The van der Waals surface area contributed by atoms with Crippen LogP contribution < -0.4 is 0 Å². The summed E-state index contributed by atoms with van der Waals surface area (Å²) in [5.74, 6) is 3.88. The summed E-state index contributed by atoms with van der Waals surface area (Å²) in [5, 5.41) is 0. The summed E-state index contributed by atoms with van der Waals surface area (Å²) in [6.45, 7) is 0. The predicted octanol–water partition coefficient (Wildman–Crippen LogP) is 14.6. The normalized spacial score (nSPS) is 13.6. The minimum atomic E-state index is 0.0960. The largest absolute Gasteiger partial charge is 0.208 e. The van der Waals surface area contributed by atoms with E-state index >= 15 is 0 Å². The zero-order valence-corrected chi connectivity index (χ0v) is 36.3. The van der Waals surface area contributed by atoms with Gasteiger partial charge in [-0.25, -0.2) is 29.9 Å². The Balaban J connectivity index is 0.880. The van der Waals surface area contributed by atoms with Crippen molar-refractivity contribution in [1.29, 1.82) is 0 Å². The molecule has 0 amide bonds. The second-order valence-corrected chi connectivity index (χ2v) is 17.4. The Hall–Kier alpha value is -8.22. The first kappa shape index (κ1) is 39.4. The highest BCUT2D eigenvalue weighted by Gasteiger charge is 2.43. The van der Waals surface area contributed by atoms with Crippen LogP contribution in [-0.2, 0) is 5.41 Å². The smallest absolute Gasteiger partial charge is 0.164 e. The highest BCUT2D eigenvalue weighted by molar-refractivity contribution is 5.85. The van der Waals surface area contributed by atoms with Gasteiger partial charge in [0.2, 0.25) is 0 Å². The minimum Gasteiger partial charge on any atom is -0.208 e. The van der Waals surface area contributed by atoms with Crippen molar-refractivity contribution in [1.82, 2.24) is 29.9 Å². The number of hydrogen-bond donors (Lipinski definition) is 0. The van der Waals surface area contributed by atoms with E-state index in [1.165, 1.54) is 54.4 Å². The van der Waals surface area contributed by atoms with Crippen LogP contribution in [-0.4, -0.2) is 29.9 Å². The molecule has 2 aliphatic carbocycles. The van der Waals surface area contributed by atoms with E-state index < -0.39 is 0 Å². The lowest BCUT2D eigenvalue weighted by molar-refractivity contribution is 0.353. The van der Waals surface area contributed by atoms with Gasteiger partial charge in [-0.1, -0.05) is 207 Å². The second-order valence-electron chi connectivity index (χ2n) is 17.4. The molecule has 1 fully saturated rings. The molecule has 0 radical (unpaired) electrons. The Morgan fingerprint density at radius 1 is 0.242 bits per heavy atom. The Labute approximate surface area is 384 Å². The molecule has 0 unspecified atom stereocenters. The maximum absolute atomic E-state index is 5.23. The predicted molar refractivity (Wildman–Crippen MR) is 266 cm³/mol. The lowest BCUT2D eigenvalue weighted by Crippen LogP contribution is -2.27. The average Bonchev–Trinajstić information content (AvgIpc) is 3.66. The van der Waals surface area contributed by atoms with Crippen molar-refractivity contribution in [3.05, 3.63) is 217 Å². The van der Waals surface area contributed by atoms with Gasteiger partial charge in [-0.05, 0) is 75.5 Å². The van der Waals surface area contributed by atoms with Crippen LogP contribution in [0.15, 0.2) is 206 Å². The van der Waals surface area contributed by atoms with E-state index in [0.717, 1.165) is 55.6 Å². The van der Waals surface area contributed by atoms with E-state index in [1.807, 2.05) is 78.9 Å².